The summed E-state index contributed by atoms with van der Waals surface area (Å²) in [5.74, 6) is -1.97. The Hall–Kier alpha value is -2.15. The Balaban J connectivity index is 2.06. The Kier molecular flexibility index (Phi) is 4.69. The highest BCUT2D eigenvalue weighted by atomic mass is 32.2. The van der Waals surface area contributed by atoms with E-state index >= 15 is 0 Å². The summed E-state index contributed by atoms with van der Waals surface area (Å²) in [5, 5.41) is 0. The van der Waals surface area contributed by atoms with Gasteiger partial charge in [0, 0.05) is 6.26 Å². The van der Waals surface area contributed by atoms with E-state index in [9.17, 15) is 26.0 Å². The van der Waals surface area contributed by atoms with E-state index in [0.29, 0.717) is 22.3 Å². The molecule has 0 aromatic heterocycles. The standard InChI is InChI=1S/C19H16F4O2S/c1-26(24,25)16-8-4-13(5-9-16)18-11-14(19(21,22)23)10-17(18)12-2-6-15(20)7-3-12/h2-9,14H,10-11H2,1H3. The fourth-order valence-electron chi connectivity index (χ4n) is 3.18. The van der Waals surface area contributed by atoms with Gasteiger partial charge in [0.05, 0.1) is 10.8 Å². The molecule has 26 heavy (non-hydrogen) atoms. The van der Waals surface area contributed by atoms with Crippen molar-refractivity contribution in [3.8, 4) is 0 Å². The molecular weight excluding hydrogens is 368 g/mol. The minimum atomic E-state index is -4.33. The fraction of sp³-hybridized carbons (Fsp3) is 0.263. The van der Waals surface area contributed by atoms with Crippen molar-refractivity contribution in [3.05, 3.63) is 65.5 Å². The summed E-state index contributed by atoms with van der Waals surface area (Å²) in [7, 11) is -3.39. The van der Waals surface area contributed by atoms with E-state index in [1.54, 1.807) is 0 Å². The molecule has 2 aromatic rings. The average molecular weight is 384 g/mol. The van der Waals surface area contributed by atoms with Gasteiger partial charge in [0.1, 0.15) is 5.82 Å². The van der Waals surface area contributed by atoms with Crippen LogP contribution in [0.2, 0.25) is 0 Å². The van der Waals surface area contributed by atoms with Crippen LogP contribution in [0.25, 0.3) is 11.1 Å². The number of rotatable bonds is 3. The summed E-state index contributed by atoms with van der Waals surface area (Å²) < 4.78 is 76.1. The van der Waals surface area contributed by atoms with Crippen molar-refractivity contribution in [2.45, 2.75) is 23.9 Å². The molecule has 0 amide bonds. The van der Waals surface area contributed by atoms with Crippen molar-refractivity contribution in [1.82, 2.24) is 0 Å². The normalized spacial score (nSPS) is 18.4. The van der Waals surface area contributed by atoms with Gasteiger partial charge >= 0.3 is 6.18 Å². The van der Waals surface area contributed by atoms with Crippen molar-refractivity contribution in [2.24, 2.45) is 5.92 Å². The third kappa shape index (κ3) is 3.82. The third-order valence-corrected chi connectivity index (χ3v) is 5.68. The van der Waals surface area contributed by atoms with Crippen molar-refractivity contribution >= 4 is 21.0 Å². The van der Waals surface area contributed by atoms with Gasteiger partial charge in [-0.3, -0.25) is 0 Å². The van der Waals surface area contributed by atoms with Gasteiger partial charge in [0.25, 0.3) is 0 Å². The minimum Gasteiger partial charge on any atom is -0.224 e. The Morgan fingerprint density at radius 1 is 0.846 bits per heavy atom. The van der Waals surface area contributed by atoms with Gasteiger partial charge in [-0.1, -0.05) is 24.3 Å². The summed E-state index contributed by atoms with van der Waals surface area (Å²) in [6, 6.07) is 11.2. The highest BCUT2D eigenvalue weighted by molar-refractivity contribution is 7.90. The molecule has 0 bridgehead atoms. The first-order chi connectivity index (χ1) is 12.1. The first-order valence-electron chi connectivity index (χ1n) is 7.91. The lowest BCUT2D eigenvalue weighted by molar-refractivity contribution is -0.170. The molecule has 1 aliphatic rings. The second-order valence-electron chi connectivity index (χ2n) is 6.41. The number of halogens is 4. The molecule has 2 nitrogen and oxygen atoms in total. The Morgan fingerprint density at radius 3 is 1.65 bits per heavy atom. The van der Waals surface area contributed by atoms with Gasteiger partial charge in [0.15, 0.2) is 9.84 Å². The highest BCUT2D eigenvalue weighted by Crippen LogP contribution is 2.49. The molecule has 0 saturated heterocycles. The van der Waals surface area contributed by atoms with Gasteiger partial charge in [0.2, 0.25) is 0 Å². The van der Waals surface area contributed by atoms with Gasteiger partial charge < -0.3 is 0 Å². The van der Waals surface area contributed by atoms with E-state index in [1.165, 1.54) is 48.5 Å². The summed E-state index contributed by atoms with van der Waals surface area (Å²) >= 11 is 0. The van der Waals surface area contributed by atoms with E-state index in [2.05, 4.69) is 0 Å². The van der Waals surface area contributed by atoms with Gasteiger partial charge in [-0.2, -0.15) is 13.2 Å². The van der Waals surface area contributed by atoms with Crippen molar-refractivity contribution in [1.29, 1.82) is 0 Å². The fourth-order valence-corrected chi connectivity index (χ4v) is 3.81. The summed E-state index contributed by atoms with van der Waals surface area (Å²) in [6.45, 7) is 0. The largest absolute Gasteiger partial charge is 0.392 e. The topological polar surface area (TPSA) is 34.1 Å². The zero-order valence-corrected chi connectivity index (χ0v) is 14.7. The van der Waals surface area contributed by atoms with Crippen LogP contribution in [0.3, 0.4) is 0 Å². The van der Waals surface area contributed by atoms with Crippen molar-refractivity contribution in [3.63, 3.8) is 0 Å². The average Bonchev–Trinajstić information content (AvgIpc) is 3.00. The molecule has 7 heteroatoms. The van der Waals surface area contributed by atoms with Crippen LogP contribution in [0.5, 0.6) is 0 Å². The van der Waals surface area contributed by atoms with E-state index in [-0.39, 0.29) is 17.7 Å². The van der Waals surface area contributed by atoms with E-state index in [4.69, 9.17) is 0 Å². The number of benzene rings is 2. The van der Waals surface area contributed by atoms with E-state index in [0.717, 1.165) is 6.26 Å². The van der Waals surface area contributed by atoms with Gasteiger partial charge in [-0.05, 0) is 59.4 Å². The summed E-state index contributed by atoms with van der Waals surface area (Å²) in [4.78, 5) is 0.107. The molecule has 1 unspecified atom stereocenters. The lowest BCUT2D eigenvalue weighted by atomic mass is 9.97. The van der Waals surface area contributed by atoms with Crippen LogP contribution >= 0.6 is 0 Å². The number of allylic oxidation sites excluding steroid dienone is 2. The van der Waals surface area contributed by atoms with Crippen LogP contribution in [0.15, 0.2) is 53.4 Å². The molecule has 0 fully saturated rings. The quantitative estimate of drug-likeness (QED) is 0.689. The summed E-state index contributed by atoms with van der Waals surface area (Å²) in [5.41, 5.74) is 2.11. The maximum absolute atomic E-state index is 13.3. The van der Waals surface area contributed by atoms with E-state index < -0.39 is 27.7 Å². The second-order valence-corrected chi connectivity index (χ2v) is 8.42. The van der Waals surface area contributed by atoms with Crippen molar-refractivity contribution < 1.29 is 26.0 Å². The lowest BCUT2D eigenvalue weighted by Gasteiger charge is -2.14. The molecule has 138 valence electrons. The predicted octanol–water partition coefficient (Wildman–Crippen LogP) is 5.11. The molecule has 2 aromatic carbocycles. The number of alkyl halides is 3. The van der Waals surface area contributed by atoms with Crippen LogP contribution in [-0.4, -0.2) is 20.8 Å². The van der Waals surface area contributed by atoms with Gasteiger partial charge in [-0.15, -0.1) is 0 Å². The van der Waals surface area contributed by atoms with Gasteiger partial charge in [-0.25, -0.2) is 12.8 Å². The summed E-state index contributed by atoms with van der Waals surface area (Å²) in [6.07, 6.45) is -3.63. The smallest absolute Gasteiger partial charge is 0.224 e. The lowest BCUT2D eigenvalue weighted by Crippen LogP contribution is -2.20. The zero-order valence-electron chi connectivity index (χ0n) is 13.8. The molecule has 0 N–H and O–H groups in total. The molecule has 0 radical (unpaired) electrons. The minimum absolute atomic E-state index is 0.107. The predicted molar refractivity (Wildman–Crippen MR) is 91.5 cm³/mol. The number of sulfone groups is 1. The third-order valence-electron chi connectivity index (χ3n) is 4.55. The molecule has 0 saturated carbocycles. The molecule has 0 aliphatic heterocycles. The highest BCUT2D eigenvalue weighted by Gasteiger charge is 2.44. The van der Waals surface area contributed by atoms with Crippen LogP contribution < -0.4 is 0 Å². The molecular formula is C19H16F4O2S. The van der Waals surface area contributed by atoms with E-state index in [1.807, 2.05) is 0 Å². The Bertz CT molecular complexity index is 941. The molecule has 3 rings (SSSR count). The zero-order chi connectivity index (χ0) is 19.1. The first-order valence-corrected chi connectivity index (χ1v) is 9.80. The Labute approximate surface area is 149 Å². The molecule has 0 spiro atoms. The maximum Gasteiger partial charge on any atom is 0.392 e. The maximum atomic E-state index is 13.3. The first kappa shape index (κ1) is 18.6. The Morgan fingerprint density at radius 2 is 1.27 bits per heavy atom. The SMILES string of the molecule is CS(=O)(=O)c1ccc(C2=C(c3ccc(F)cc3)CC(C(F)(F)F)C2)cc1. The second kappa shape index (κ2) is 6.54. The van der Waals surface area contributed by atoms with Crippen LogP contribution in [0, 0.1) is 11.7 Å². The van der Waals surface area contributed by atoms with Crippen molar-refractivity contribution in [2.75, 3.05) is 6.26 Å². The van der Waals surface area contributed by atoms with Crippen LogP contribution in [0.4, 0.5) is 17.6 Å². The molecule has 0 heterocycles. The molecule has 1 aliphatic carbocycles. The van der Waals surface area contributed by atoms with Crippen LogP contribution in [-0.2, 0) is 9.84 Å². The van der Waals surface area contributed by atoms with Crippen LogP contribution in [0.1, 0.15) is 24.0 Å². The monoisotopic (exact) mass is 384 g/mol. The number of hydrogen-bond donors (Lipinski definition) is 0. The number of hydrogen-bond acceptors (Lipinski definition) is 2. The molecule has 1 atom stereocenters.